The molecule has 3 fully saturated rings. The molecule has 0 N–H and O–H groups in total. The SMILES string of the molecule is CC(C)CCC[C@@H](C)[C@H]1CC[C@H]2[C@@H]3CC=C4C[C@@H](OCCC(P(c5ccccc5)c5ccccc5)P(=S)(c5ccccc5)c5ccccc5)CC[C@]4(C)[C@H]3CC[C@]12C. The van der Waals surface area contributed by atoms with Crippen LogP contribution in [0.5, 0.6) is 0 Å². The minimum atomic E-state index is -2.31. The Labute approximate surface area is 359 Å². The van der Waals surface area contributed by atoms with Gasteiger partial charge in [-0.1, -0.05) is 199 Å². The van der Waals surface area contributed by atoms with Crippen molar-refractivity contribution in [2.75, 3.05) is 6.61 Å². The number of fused-ring (bicyclic) bond motifs is 5. The molecule has 0 amide bonds. The maximum absolute atomic E-state index is 7.20. The van der Waals surface area contributed by atoms with Gasteiger partial charge in [0.2, 0.25) is 0 Å². The van der Waals surface area contributed by atoms with Crippen molar-refractivity contribution >= 4 is 47.0 Å². The number of ether oxygens (including phenoxy) is 1. The lowest BCUT2D eigenvalue weighted by atomic mass is 9.47. The first kappa shape index (κ1) is 42.4. The summed E-state index contributed by atoms with van der Waals surface area (Å²) < 4.78 is 7.15. The zero-order valence-corrected chi connectivity index (χ0v) is 38.8. The molecular weight excluding hydrogens is 759 g/mol. The second-order valence-corrected chi connectivity index (χ2v) is 27.2. The van der Waals surface area contributed by atoms with Crippen molar-refractivity contribution < 1.29 is 4.74 Å². The van der Waals surface area contributed by atoms with Gasteiger partial charge in [-0.25, -0.2) is 0 Å². The van der Waals surface area contributed by atoms with Crippen LogP contribution in [0.25, 0.3) is 0 Å². The highest BCUT2D eigenvalue weighted by Crippen LogP contribution is 2.68. The van der Waals surface area contributed by atoms with Gasteiger partial charge < -0.3 is 4.74 Å². The Morgan fingerprint density at radius 1 is 0.690 bits per heavy atom. The van der Waals surface area contributed by atoms with E-state index in [-0.39, 0.29) is 5.40 Å². The minimum Gasteiger partial charge on any atom is -0.378 e. The van der Waals surface area contributed by atoms with Crippen LogP contribution in [0.3, 0.4) is 0 Å². The quantitative estimate of drug-likeness (QED) is 0.0872. The maximum atomic E-state index is 7.20. The molecule has 0 saturated heterocycles. The summed E-state index contributed by atoms with van der Waals surface area (Å²) >= 11 is 7.20. The smallest absolute Gasteiger partial charge is 0.0612 e. The van der Waals surface area contributed by atoms with Crippen molar-refractivity contribution in [3.63, 3.8) is 0 Å². The Kier molecular flexibility index (Phi) is 13.4. The lowest BCUT2D eigenvalue weighted by Crippen LogP contribution is -2.51. The van der Waals surface area contributed by atoms with Crippen molar-refractivity contribution in [3.8, 4) is 0 Å². The fraction of sp³-hybridized carbons (Fsp3) is 0.519. The van der Waals surface area contributed by atoms with E-state index in [0.717, 1.165) is 55.0 Å². The van der Waals surface area contributed by atoms with E-state index in [4.69, 9.17) is 16.5 Å². The van der Waals surface area contributed by atoms with Crippen LogP contribution in [0.2, 0.25) is 0 Å². The summed E-state index contributed by atoms with van der Waals surface area (Å²) in [6.45, 7) is 13.5. The first-order valence-corrected chi connectivity index (χ1v) is 27.3. The van der Waals surface area contributed by atoms with E-state index >= 15 is 0 Å². The zero-order valence-electron chi connectivity index (χ0n) is 36.1. The molecule has 0 aliphatic heterocycles. The maximum Gasteiger partial charge on any atom is 0.0612 e. The number of rotatable bonds is 15. The van der Waals surface area contributed by atoms with E-state index in [0.29, 0.717) is 16.9 Å². The van der Waals surface area contributed by atoms with Crippen molar-refractivity contribution in [2.24, 2.45) is 46.3 Å². The average molecular weight is 829 g/mol. The normalized spacial score (nSPS) is 29.3. The van der Waals surface area contributed by atoms with Gasteiger partial charge in [0.15, 0.2) is 0 Å². The molecule has 9 atom stereocenters. The highest BCUT2D eigenvalue weighted by atomic mass is 32.4. The average Bonchev–Trinajstić information content (AvgIpc) is 3.61. The Morgan fingerprint density at radius 3 is 1.86 bits per heavy atom. The summed E-state index contributed by atoms with van der Waals surface area (Å²) in [6.07, 6.45) is 18.9. The summed E-state index contributed by atoms with van der Waals surface area (Å²) in [4.78, 5) is 0. The third-order valence-corrected chi connectivity index (χ3v) is 26.1. The summed E-state index contributed by atoms with van der Waals surface area (Å²) in [5, 5.41) is 5.69. The molecule has 1 nitrogen and oxygen atoms in total. The van der Waals surface area contributed by atoms with Crippen LogP contribution in [0, 0.1) is 46.3 Å². The highest BCUT2D eigenvalue weighted by molar-refractivity contribution is 8.25. The van der Waals surface area contributed by atoms with Crippen LogP contribution < -0.4 is 21.2 Å². The fourth-order valence-electron chi connectivity index (χ4n) is 13.1. The Morgan fingerprint density at radius 2 is 1.28 bits per heavy atom. The first-order valence-electron chi connectivity index (χ1n) is 23.0. The molecular formula is C54H70OP2S. The third-order valence-electron chi connectivity index (χ3n) is 16.1. The molecule has 58 heavy (non-hydrogen) atoms. The van der Waals surface area contributed by atoms with Gasteiger partial charge >= 0.3 is 0 Å². The van der Waals surface area contributed by atoms with Gasteiger partial charge in [-0.2, -0.15) is 0 Å². The molecule has 0 radical (unpaired) electrons. The molecule has 0 heterocycles. The molecule has 0 aromatic heterocycles. The van der Waals surface area contributed by atoms with E-state index in [1.165, 1.54) is 85.4 Å². The molecule has 4 aromatic carbocycles. The Hall–Kier alpha value is -2.34. The lowest BCUT2D eigenvalue weighted by molar-refractivity contribution is -0.0639. The molecule has 4 aliphatic rings. The summed E-state index contributed by atoms with van der Waals surface area (Å²) in [7, 11) is -0.777. The number of hydrogen-bond donors (Lipinski definition) is 0. The third kappa shape index (κ3) is 8.33. The van der Waals surface area contributed by atoms with Crippen molar-refractivity contribution in [2.45, 2.75) is 123 Å². The molecule has 3 saturated carbocycles. The van der Waals surface area contributed by atoms with Crippen LogP contribution in [-0.4, -0.2) is 18.1 Å². The van der Waals surface area contributed by atoms with Crippen LogP contribution in [0.4, 0.5) is 0 Å². The predicted octanol–water partition coefficient (Wildman–Crippen LogP) is 13.4. The lowest BCUT2D eigenvalue weighted by Gasteiger charge is -2.58. The molecule has 4 aromatic rings. The van der Waals surface area contributed by atoms with Gasteiger partial charge in [0.05, 0.1) is 6.10 Å². The molecule has 4 heteroatoms. The molecule has 4 aliphatic carbocycles. The topological polar surface area (TPSA) is 9.23 Å². The second-order valence-electron chi connectivity index (χ2n) is 19.7. The van der Waals surface area contributed by atoms with Crippen LogP contribution in [0.1, 0.15) is 112 Å². The Balaban J connectivity index is 1.02. The van der Waals surface area contributed by atoms with E-state index < -0.39 is 14.0 Å². The fourth-order valence-corrected chi connectivity index (χ4v) is 22.9. The van der Waals surface area contributed by atoms with E-state index in [1.807, 2.05) is 0 Å². The van der Waals surface area contributed by atoms with Crippen molar-refractivity contribution in [1.82, 2.24) is 0 Å². The van der Waals surface area contributed by atoms with E-state index in [1.54, 1.807) is 5.57 Å². The van der Waals surface area contributed by atoms with E-state index in [2.05, 4.69) is 162 Å². The van der Waals surface area contributed by atoms with Gasteiger partial charge in [-0.3, -0.25) is 0 Å². The standard InChI is InChI=1S/C54H70OP2S/c1-40(2)19-18-20-41(3)49-31-32-50-48-30-29-42-39-43(33-36-53(42,4)51(48)34-37-54(49,50)5)55-38-35-52(56(44-21-10-6-11-22-44)45-23-12-7-13-24-45)57(58,46-25-14-8-15-26-46)47-27-16-9-17-28-47/h6-17,21-29,40-41,43,48-52H,18-20,30-39H2,1-5H3/t41-,43+,48+,49-,50+,51+,52?,53+,54-/m1/s1. The van der Waals surface area contributed by atoms with Gasteiger partial charge in [0.1, 0.15) is 0 Å². The van der Waals surface area contributed by atoms with Gasteiger partial charge in [0.25, 0.3) is 0 Å². The van der Waals surface area contributed by atoms with Crippen molar-refractivity contribution in [1.29, 1.82) is 0 Å². The number of benzene rings is 4. The van der Waals surface area contributed by atoms with Gasteiger partial charge in [-0.15, -0.1) is 0 Å². The van der Waals surface area contributed by atoms with Gasteiger partial charge in [0, 0.05) is 18.0 Å². The highest BCUT2D eigenvalue weighted by Gasteiger charge is 2.59. The summed E-state index contributed by atoms with van der Waals surface area (Å²) in [6, 6.07) is 42.5. The molecule has 0 bridgehead atoms. The molecule has 8 rings (SSSR count). The zero-order chi connectivity index (χ0) is 40.3. The van der Waals surface area contributed by atoms with Crippen LogP contribution in [0.15, 0.2) is 133 Å². The number of hydrogen-bond acceptors (Lipinski definition) is 2. The predicted molar refractivity (Wildman–Crippen MR) is 257 cm³/mol. The molecule has 1 unspecified atom stereocenters. The summed E-state index contributed by atoms with van der Waals surface area (Å²) in [5.74, 6) is 5.23. The largest absolute Gasteiger partial charge is 0.378 e. The van der Waals surface area contributed by atoms with E-state index in [9.17, 15) is 0 Å². The first-order chi connectivity index (χ1) is 28.1. The Bertz CT molecular complexity index is 1910. The molecule has 0 spiro atoms. The van der Waals surface area contributed by atoms with Gasteiger partial charge in [-0.05, 0) is 133 Å². The monoisotopic (exact) mass is 828 g/mol. The number of allylic oxidation sites excluding steroid dienone is 1. The molecule has 308 valence electrons. The van der Waals surface area contributed by atoms with Crippen molar-refractivity contribution in [3.05, 3.63) is 133 Å². The second kappa shape index (κ2) is 18.3. The minimum absolute atomic E-state index is 0.250. The van der Waals surface area contributed by atoms with Crippen LogP contribution >= 0.6 is 14.0 Å². The van der Waals surface area contributed by atoms with Crippen LogP contribution in [-0.2, 0) is 16.5 Å². The summed E-state index contributed by atoms with van der Waals surface area (Å²) in [5.41, 5.74) is 2.61.